The Balaban J connectivity index is 2.21. The van der Waals surface area contributed by atoms with Crippen LogP contribution in [0.3, 0.4) is 0 Å². The van der Waals surface area contributed by atoms with Crippen molar-refractivity contribution in [2.45, 2.75) is 19.8 Å². The van der Waals surface area contributed by atoms with Crippen molar-refractivity contribution in [2.75, 3.05) is 24.5 Å². The Morgan fingerprint density at radius 1 is 1.59 bits per heavy atom. The molecule has 0 bridgehead atoms. The number of piperidine rings is 1. The van der Waals surface area contributed by atoms with Crippen molar-refractivity contribution >= 4 is 5.95 Å². The summed E-state index contributed by atoms with van der Waals surface area (Å²) in [5.41, 5.74) is 6.98. The van der Waals surface area contributed by atoms with Crippen LogP contribution in [0.15, 0.2) is 6.07 Å². The molecule has 1 atom stereocenters. The molecule has 0 aliphatic carbocycles. The molecule has 0 aromatic carbocycles. The van der Waals surface area contributed by atoms with Crippen molar-refractivity contribution < 1.29 is 0 Å². The molecule has 1 unspecified atom stereocenters. The predicted molar refractivity (Wildman–Crippen MR) is 65.5 cm³/mol. The topological polar surface area (TPSA) is 78.8 Å². The van der Waals surface area contributed by atoms with Gasteiger partial charge in [0.25, 0.3) is 0 Å². The van der Waals surface area contributed by atoms with E-state index in [2.05, 4.69) is 20.9 Å². The summed E-state index contributed by atoms with van der Waals surface area (Å²) in [6.45, 7) is 4.43. The van der Waals surface area contributed by atoms with Gasteiger partial charge in [-0.15, -0.1) is 0 Å². The summed E-state index contributed by atoms with van der Waals surface area (Å²) in [6.07, 6.45) is 2.28. The lowest BCUT2D eigenvalue weighted by Gasteiger charge is -2.32. The van der Waals surface area contributed by atoms with E-state index in [0.29, 0.717) is 24.1 Å². The van der Waals surface area contributed by atoms with Crippen molar-refractivity contribution in [2.24, 2.45) is 11.7 Å². The molecule has 0 radical (unpaired) electrons. The van der Waals surface area contributed by atoms with E-state index in [9.17, 15) is 0 Å². The Bertz CT molecular complexity index is 437. The molecule has 1 aliphatic heterocycles. The molecule has 1 saturated heterocycles. The monoisotopic (exact) mass is 231 g/mol. The molecular formula is C12H17N5. The van der Waals surface area contributed by atoms with Crippen LogP contribution in [-0.4, -0.2) is 29.6 Å². The molecule has 1 aromatic heterocycles. The third-order valence-corrected chi connectivity index (χ3v) is 3.09. The minimum absolute atomic E-state index is 0.433. The first-order chi connectivity index (χ1) is 8.22. The van der Waals surface area contributed by atoms with E-state index < -0.39 is 0 Å². The quantitative estimate of drug-likeness (QED) is 0.815. The van der Waals surface area contributed by atoms with Crippen LogP contribution in [0.5, 0.6) is 0 Å². The van der Waals surface area contributed by atoms with E-state index in [4.69, 9.17) is 11.0 Å². The average Bonchev–Trinajstić information content (AvgIpc) is 2.38. The fourth-order valence-electron chi connectivity index (χ4n) is 2.19. The van der Waals surface area contributed by atoms with Crippen LogP contribution in [0.1, 0.15) is 24.2 Å². The van der Waals surface area contributed by atoms with Gasteiger partial charge >= 0.3 is 0 Å². The van der Waals surface area contributed by atoms with Gasteiger partial charge < -0.3 is 10.6 Å². The summed E-state index contributed by atoms with van der Waals surface area (Å²) in [5.74, 6) is 1.18. The largest absolute Gasteiger partial charge is 0.340 e. The molecule has 17 heavy (non-hydrogen) atoms. The van der Waals surface area contributed by atoms with Crippen LogP contribution in [-0.2, 0) is 0 Å². The predicted octanol–water partition coefficient (Wildman–Crippen LogP) is 0.832. The van der Waals surface area contributed by atoms with E-state index in [1.165, 1.54) is 6.42 Å². The zero-order valence-electron chi connectivity index (χ0n) is 10.1. The van der Waals surface area contributed by atoms with Gasteiger partial charge in [0.15, 0.2) is 0 Å². The van der Waals surface area contributed by atoms with E-state index in [1.54, 1.807) is 6.07 Å². The van der Waals surface area contributed by atoms with E-state index in [-0.39, 0.29) is 0 Å². The van der Waals surface area contributed by atoms with Gasteiger partial charge in [0.1, 0.15) is 11.8 Å². The van der Waals surface area contributed by atoms with Crippen molar-refractivity contribution in [3.63, 3.8) is 0 Å². The minimum atomic E-state index is 0.433. The van der Waals surface area contributed by atoms with E-state index in [1.807, 2.05) is 6.92 Å². The van der Waals surface area contributed by atoms with Crippen molar-refractivity contribution in [3.8, 4) is 6.07 Å². The van der Waals surface area contributed by atoms with Crippen molar-refractivity contribution in [1.82, 2.24) is 9.97 Å². The maximum atomic E-state index is 8.90. The number of hydrogen-bond acceptors (Lipinski definition) is 5. The highest BCUT2D eigenvalue weighted by Crippen LogP contribution is 2.20. The Labute approximate surface area is 101 Å². The van der Waals surface area contributed by atoms with Gasteiger partial charge in [0, 0.05) is 18.8 Å². The minimum Gasteiger partial charge on any atom is -0.340 e. The van der Waals surface area contributed by atoms with Crippen LogP contribution in [0, 0.1) is 24.2 Å². The third kappa shape index (κ3) is 2.71. The number of nitrogens with two attached hydrogens (primary N) is 1. The fraction of sp³-hybridized carbons (Fsp3) is 0.583. The van der Waals surface area contributed by atoms with Crippen LogP contribution in [0.25, 0.3) is 0 Å². The molecule has 5 nitrogen and oxygen atoms in total. The number of aryl methyl sites for hydroxylation is 1. The molecule has 1 aromatic rings. The Kier molecular flexibility index (Phi) is 3.55. The van der Waals surface area contributed by atoms with Gasteiger partial charge in [-0.1, -0.05) is 0 Å². The van der Waals surface area contributed by atoms with Gasteiger partial charge in [-0.2, -0.15) is 5.26 Å². The zero-order chi connectivity index (χ0) is 12.3. The smallest absolute Gasteiger partial charge is 0.226 e. The van der Waals surface area contributed by atoms with Gasteiger partial charge in [-0.3, -0.25) is 0 Å². The zero-order valence-corrected chi connectivity index (χ0v) is 10.1. The second kappa shape index (κ2) is 5.11. The first-order valence-corrected chi connectivity index (χ1v) is 5.93. The standard InChI is InChI=1S/C12H17N5/c1-9-5-11(7-14)16-12(15-9)17-4-2-3-10(6-13)8-17/h5,10H,2-4,6,8,13H2,1H3. The molecule has 1 aliphatic rings. The summed E-state index contributed by atoms with van der Waals surface area (Å²) < 4.78 is 0. The summed E-state index contributed by atoms with van der Waals surface area (Å²) in [4.78, 5) is 10.8. The van der Waals surface area contributed by atoms with Gasteiger partial charge in [-0.05, 0) is 38.3 Å². The Hall–Kier alpha value is -1.67. The lowest BCUT2D eigenvalue weighted by Crippen LogP contribution is -2.39. The number of rotatable bonds is 2. The summed E-state index contributed by atoms with van der Waals surface area (Å²) in [7, 11) is 0. The molecule has 0 spiro atoms. The molecule has 0 amide bonds. The number of aromatic nitrogens is 2. The lowest BCUT2D eigenvalue weighted by molar-refractivity contribution is 0.419. The van der Waals surface area contributed by atoms with Crippen LogP contribution in [0.4, 0.5) is 5.95 Å². The summed E-state index contributed by atoms with van der Waals surface area (Å²) >= 11 is 0. The molecule has 0 saturated carbocycles. The molecule has 2 heterocycles. The van der Waals surface area contributed by atoms with Gasteiger partial charge in [-0.25, -0.2) is 9.97 Å². The van der Waals surface area contributed by atoms with Crippen LogP contribution < -0.4 is 10.6 Å². The van der Waals surface area contributed by atoms with Crippen molar-refractivity contribution in [1.29, 1.82) is 5.26 Å². The normalized spacial score (nSPS) is 20.1. The highest BCUT2D eigenvalue weighted by atomic mass is 15.3. The second-order valence-electron chi connectivity index (χ2n) is 4.50. The lowest BCUT2D eigenvalue weighted by atomic mass is 9.99. The number of hydrogen-bond donors (Lipinski definition) is 1. The average molecular weight is 231 g/mol. The van der Waals surface area contributed by atoms with E-state index in [0.717, 1.165) is 25.2 Å². The Morgan fingerprint density at radius 3 is 3.12 bits per heavy atom. The molecular weight excluding hydrogens is 214 g/mol. The van der Waals surface area contributed by atoms with Gasteiger partial charge in [0.05, 0.1) is 0 Å². The first-order valence-electron chi connectivity index (χ1n) is 5.93. The van der Waals surface area contributed by atoms with Crippen LogP contribution in [0.2, 0.25) is 0 Å². The molecule has 1 fully saturated rings. The molecule has 2 rings (SSSR count). The highest BCUT2D eigenvalue weighted by Gasteiger charge is 2.21. The SMILES string of the molecule is Cc1cc(C#N)nc(N2CCCC(CN)C2)n1. The van der Waals surface area contributed by atoms with Crippen molar-refractivity contribution in [3.05, 3.63) is 17.5 Å². The van der Waals surface area contributed by atoms with Crippen LogP contribution >= 0.6 is 0 Å². The third-order valence-electron chi connectivity index (χ3n) is 3.09. The maximum Gasteiger partial charge on any atom is 0.226 e. The summed E-state index contributed by atoms with van der Waals surface area (Å²) in [5, 5.41) is 8.90. The number of anilines is 1. The number of nitriles is 1. The molecule has 90 valence electrons. The Morgan fingerprint density at radius 2 is 2.41 bits per heavy atom. The first kappa shape index (κ1) is 11.8. The highest BCUT2D eigenvalue weighted by molar-refractivity contribution is 5.36. The maximum absolute atomic E-state index is 8.90. The molecule has 2 N–H and O–H groups in total. The molecule has 5 heteroatoms. The second-order valence-corrected chi connectivity index (χ2v) is 4.50. The summed E-state index contributed by atoms with van der Waals surface area (Å²) in [6, 6.07) is 3.77. The number of nitrogens with zero attached hydrogens (tertiary/aromatic N) is 4. The van der Waals surface area contributed by atoms with Gasteiger partial charge in [0.2, 0.25) is 5.95 Å². The fourth-order valence-corrected chi connectivity index (χ4v) is 2.19. The van der Waals surface area contributed by atoms with E-state index >= 15 is 0 Å².